The van der Waals surface area contributed by atoms with Crippen LogP contribution in [0.4, 0.5) is 11.4 Å². The topological polar surface area (TPSA) is 88.9 Å². The van der Waals surface area contributed by atoms with Crippen molar-refractivity contribution in [2.45, 2.75) is 24.3 Å². The second-order valence-corrected chi connectivity index (χ2v) is 8.77. The third-order valence-corrected chi connectivity index (χ3v) is 5.74. The third-order valence-electron chi connectivity index (χ3n) is 3.87. The Kier molecular flexibility index (Phi) is 7.25. The molecule has 3 rings (SSSR count). The summed E-state index contributed by atoms with van der Waals surface area (Å²) < 4.78 is 1.72. The fourth-order valence-electron chi connectivity index (χ4n) is 2.52. The van der Waals surface area contributed by atoms with E-state index in [0.29, 0.717) is 21.6 Å². The maximum atomic E-state index is 12.7. The van der Waals surface area contributed by atoms with Crippen molar-refractivity contribution in [3.63, 3.8) is 0 Å². The van der Waals surface area contributed by atoms with Gasteiger partial charge < -0.3 is 10.6 Å². The van der Waals surface area contributed by atoms with Crippen molar-refractivity contribution in [1.82, 2.24) is 14.8 Å². The van der Waals surface area contributed by atoms with Crippen LogP contribution >= 0.6 is 46.6 Å². The van der Waals surface area contributed by atoms with Gasteiger partial charge in [-0.25, -0.2) is 0 Å². The molecule has 30 heavy (non-hydrogen) atoms. The Hall–Kier alpha value is -2.26. The van der Waals surface area contributed by atoms with E-state index in [1.54, 1.807) is 29.7 Å². The number of rotatable bonds is 6. The van der Waals surface area contributed by atoms with Crippen molar-refractivity contribution in [1.29, 1.82) is 0 Å². The number of amides is 2. The van der Waals surface area contributed by atoms with Crippen LogP contribution in [0.1, 0.15) is 13.8 Å². The Balaban J connectivity index is 1.76. The highest BCUT2D eigenvalue weighted by Crippen LogP contribution is 2.34. The molecule has 2 N–H and O–H groups in total. The van der Waals surface area contributed by atoms with Crippen LogP contribution in [0, 0.1) is 0 Å². The zero-order valence-corrected chi connectivity index (χ0v) is 18.9. The zero-order chi connectivity index (χ0) is 21.8. The number of carbonyl (C=O) groups is 2. The van der Waals surface area contributed by atoms with E-state index in [1.165, 1.54) is 37.1 Å². The second-order valence-electron chi connectivity index (χ2n) is 6.21. The van der Waals surface area contributed by atoms with E-state index in [4.69, 9.17) is 34.8 Å². The molecule has 0 bridgehead atoms. The molecule has 1 heterocycles. The van der Waals surface area contributed by atoms with Crippen molar-refractivity contribution in [3.8, 4) is 5.69 Å². The number of nitrogens with one attached hydrogen (secondary N) is 2. The highest BCUT2D eigenvalue weighted by Gasteiger charge is 2.21. The first-order valence-electron chi connectivity index (χ1n) is 8.64. The van der Waals surface area contributed by atoms with Gasteiger partial charge in [-0.1, -0.05) is 52.6 Å². The molecule has 11 heteroatoms. The minimum Gasteiger partial charge on any atom is -0.326 e. The quantitative estimate of drug-likeness (QED) is 0.463. The molecule has 7 nitrogen and oxygen atoms in total. The normalized spacial score (nSPS) is 11.8. The highest BCUT2D eigenvalue weighted by atomic mass is 35.5. The van der Waals surface area contributed by atoms with Crippen LogP contribution in [0.25, 0.3) is 5.69 Å². The summed E-state index contributed by atoms with van der Waals surface area (Å²) in [6, 6.07) is 10.2. The number of halogens is 3. The van der Waals surface area contributed by atoms with Crippen LogP contribution in [-0.2, 0) is 9.59 Å². The van der Waals surface area contributed by atoms with E-state index in [-0.39, 0.29) is 21.9 Å². The molecular weight excluding hydrogens is 469 g/mol. The van der Waals surface area contributed by atoms with Gasteiger partial charge in [0.2, 0.25) is 11.8 Å². The van der Waals surface area contributed by atoms with Crippen molar-refractivity contribution in [2.75, 3.05) is 10.6 Å². The first-order valence-corrected chi connectivity index (χ1v) is 10.7. The van der Waals surface area contributed by atoms with E-state index in [2.05, 4.69) is 20.8 Å². The van der Waals surface area contributed by atoms with E-state index in [9.17, 15) is 9.59 Å². The Morgan fingerprint density at radius 1 is 1.10 bits per heavy atom. The maximum absolute atomic E-state index is 12.7. The zero-order valence-electron chi connectivity index (χ0n) is 15.8. The summed E-state index contributed by atoms with van der Waals surface area (Å²) in [7, 11) is 0. The average molecular weight is 485 g/mol. The van der Waals surface area contributed by atoms with Gasteiger partial charge in [0.05, 0.1) is 26.7 Å². The Morgan fingerprint density at radius 3 is 2.47 bits per heavy atom. The lowest BCUT2D eigenvalue weighted by molar-refractivity contribution is -0.115. The fourth-order valence-corrected chi connectivity index (χ4v) is 4.27. The average Bonchev–Trinajstić information content (AvgIpc) is 3.12. The highest BCUT2D eigenvalue weighted by molar-refractivity contribution is 8.00. The molecule has 0 saturated heterocycles. The number of hydrogen-bond acceptors (Lipinski definition) is 5. The summed E-state index contributed by atoms with van der Waals surface area (Å²) in [6.07, 6.45) is 1.53. The molecule has 2 aromatic carbocycles. The SMILES string of the molecule is CC(=O)Nc1cccc(-n2cnnc2SC(C)C(=O)Nc2c(Cl)cc(Cl)cc2Cl)c1. The molecule has 3 aromatic rings. The van der Waals surface area contributed by atoms with Gasteiger partial charge in [-0.3, -0.25) is 14.2 Å². The summed E-state index contributed by atoms with van der Waals surface area (Å²) in [6.45, 7) is 3.16. The van der Waals surface area contributed by atoms with Crippen LogP contribution in [0.15, 0.2) is 47.9 Å². The van der Waals surface area contributed by atoms with Crippen molar-refractivity contribution in [3.05, 3.63) is 57.8 Å². The molecule has 1 atom stereocenters. The van der Waals surface area contributed by atoms with Gasteiger partial charge >= 0.3 is 0 Å². The molecule has 0 aliphatic rings. The van der Waals surface area contributed by atoms with Crippen molar-refractivity contribution < 1.29 is 9.59 Å². The summed E-state index contributed by atoms with van der Waals surface area (Å²) in [5.41, 5.74) is 1.68. The van der Waals surface area contributed by atoms with E-state index >= 15 is 0 Å². The lowest BCUT2D eigenvalue weighted by atomic mass is 10.2. The maximum Gasteiger partial charge on any atom is 0.237 e. The standard InChI is InChI=1S/C19H16Cl3N5O2S/c1-10(18(29)25-17-15(21)6-12(20)7-16(17)22)30-19-26-23-9-27(19)14-5-3-4-13(8-14)24-11(2)28/h3-10H,1-2H3,(H,24,28)(H,25,29). The molecule has 156 valence electrons. The number of anilines is 2. The molecule has 0 radical (unpaired) electrons. The Labute approximate surface area is 192 Å². The van der Waals surface area contributed by atoms with Gasteiger partial charge in [0.1, 0.15) is 6.33 Å². The van der Waals surface area contributed by atoms with Crippen molar-refractivity contribution in [2.24, 2.45) is 0 Å². The van der Waals surface area contributed by atoms with Crippen LogP contribution in [0.5, 0.6) is 0 Å². The predicted octanol–water partition coefficient (Wildman–Crippen LogP) is 5.31. The summed E-state index contributed by atoms with van der Waals surface area (Å²) in [5.74, 6) is -0.483. The molecule has 0 aliphatic carbocycles. The van der Waals surface area contributed by atoms with Gasteiger partial charge in [0, 0.05) is 17.6 Å². The van der Waals surface area contributed by atoms with Crippen LogP contribution in [-0.4, -0.2) is 31.8 Å². The van der Waals surface area contributed by atoms with E-state index in [0.717, 1.165) is 5.69 Å². The van der Waals surface area contributed by atoms with Crippen LogP contribution in [0.3, 0.4) is 0 Å². The van der Waals surface area contributed by atoms with Gasteiger partial charge in [-0.2, -0.15) is 0 Å². The fraction of sp³-hybridized carbons (Fsp3) is 0.158. The number of nitrogens with zero attached hydrogens (tertiary/aromatic N) is 3. The third kappa shape index (κ3) is 5.46. The summed E-state index contributed by atoms with van der Waals surface area (Å²) >= 11 is 19.4. The van der Waals surface area contributed by atoms with E-state index in [1.807, 2.05) is 6.07 Å². The molecule has 0 fully saturated rings. The van der Waals surface area contributed by atoms with Gasteiger partial charge in [-0.05, 0) is 37.3 Å². The predicted molar refractivity (Wildman–Crippen MR) is 121 cm³/mol. The van der Waals surface area contributed by atoms with E-state index < -0.39 is 5.25 Å². The monoisotopic (exact) mass is 483 g/mol. The smallest absolute Gasteiger partial charge is 0.237 e. The summed E-state index contributed by atoms with van der Waals surface area (Å²) in [5, 5.41) is 14.3. The lowest BCUT2D eigenvalue weighted by Gasteiger charge is -2.14. The summed E-state index contributed by atoms with van der Waals surface area (Å²) in [4.78, 5) is 24.0. The largest absolute Gasteiger partial charge is 0.326 e. The van der Waals surface area contributed by atoms with Crippen molar-refractivity contribution >= 4 is 69.8 Å². The molecular formula is C19H16Cl3N5O2S. The number of benzene rings is 2. The van der Waals surface area contributed by atoms with Gasteiger partial charge in [0.25, 0.3) is 0 Å². The minimum absolute atomic E-state index is 0.171. The molecule has 1 unspecified atom stereocenters. The Morgan fingerprint density at radius 2 is 1.80 bits per heavy atom. The lowest BCUT2D eigenvalue weighted by Crippen LogP contribution is -2.23. The van der Waals surface area contributed by atoms with Crippen LogP contribution in [0.2, 0.25) is 15.1 Å². The van der Waals surface area contributed by atoms with Gasteiger partial charge in [-0.15, -0.1) is 10.2 Å². The number of thioether (sulfide) groups is 1. The first kappa shape index (κ1) is 22.4. The second kappa shape index (κ2) is 9.70. The number of aromatic nitrogens is 3. The Bertz CT molecular complexity index is 1080. The first-order chi connectivity index (χ1) is 14.2. The van der Waals surface area contributed by atoms with Crippen LogP contribution < -0.4 is 10.6 Å². The molecule has 0 aliphatic heterocycles. The minimum atomic E-state index is -0.533. The number of carbonyl (C=O) groups excluding carboxylic acids is 2. The number of hydrogen-bond donors (Lipinski definition) is 2. The molecule has 1 aromatic heterocycles. The molecule has 0 saturated carbocycles. The van der Waals surface area contributed by atoms with Gasteiger partial charge in [0.15, 0.2) is 5.16 Å². The molecule has 0 spiro atoms. The molecule has 2 amide bonds.